The van der Waals surface area contributed by atoms with Gasteiger partial charge in [0.15, 0.2) is 0 Å². The van der Waals surface area contributed by atoms with Crippen molar-refractivity contribution in [1.29, 1.82) is 0 Å². The largest absolute Gasteiger partial charge is 0.494 e. The highest BCUT2D eigenvalue weighted by atomic mass is 16.5. The van der Waals surface area contributed by atoms with Crippen LogP contribution in [0.25, 0.3) is 0 Å². The molecule has 3 nitrogen and oxygen atoms in total. The van der Waals surface area contributed by atoms with E-state index in [9.17, 15) is 0 Å². The molecule has 0 aliphatic carbocycles. The molecule has 1 aliphatic rings. The number of benzene rings is 2. The zero-order chi connectivity index (χ0) is 13.8. The first-order chi connectivity index (χ1) is 9.81. The fraction of sp³-hybridized carbons (Fsp3) is 0.294. The highest BCUT2D eigenvalue weighted by Crippen LogP contribution is 2.22. The van der Waals surface area contributed by atoms with Gasteiger partial charge in [-0.2, -0.15) is 0 Å². The Hall–Kier alpha value is -2.00. The molecule has 0 aromatic heterocycles. The average Bonchev–Trinajstić information content (AvgIpc) is 2.88. The van der Waals surface area contributed by atoms with Gasteiger partial charge in [0.05, 0.1) is 6.61 Å². The molecule has 3 rings (SSSR count). The second kappa shape index (κ2) is 5.97. The second-order valence-corrected chi connectivity index (χ2v) is 5.25. The molecule has 20 heavy (non-hydrogen) atoms. The monoisotopic (exact) mass is 268 g/mol. The summed E-state index contributed by atoms with van der Waals surface area (Å²) in [7, 11) is 0. The highest BCUT2D eigenvalue weighted by molar-refractivity contribution is 5.41. The zero-order valence-corrected chi connectivity index (χ0v) is 11.6. The third-order valence-corrected chi connectivity index (χ3v) is 3.67. The quantitative estimate of drug-likeness (QED) is 0.669. The minimum Gasteiger partial charge on any atom is -0.494 e. The van der Waals surface area contributed by atoms with Gasteiger partial charge in [-0.1, -0.05) is 24.3 Å². The van der Waals surface area contributed by atoms with Gasteiger partial charge in [0.25, 0.3) is 0 Å². The molecule has 1 aliphatic heterocycles. The van der Waals surface area contributed by atoms with E-state index in [2.05, 4.69) is 29.2 Å². The van der Waals surface area contributed by atoms with Crippen LogP contribution in [0.3, 0.4) is 0 Å². The van der Waals surface area contributed by atoms with Crippen LogP contribution in [0.4, 0.5) is 5.69 Å². The minimum atomic E-state index is 0.747. The van der Waals surface area contributed by atoms with Crippen LogP contribution < -0.4 is 10.5 Å². The minimum absolute atomic E-state index is 0.747. The summed E-state index contributed by atoms with van der Waals surface area (Å²) in [5.41, 5.74) is 9.34. The summed E-state index contributed by atoms with van der Waals surface area (Å²) in [6, 6.07) is 16.3. The number of ether oxygens (including phenoxy) is 1. The maximum absolute atomic E-state index is 5.72. The van der Waals surface area contributed by atoms with E-state index < -0.39 is 0 Å². The van der Waals surface area contributed by atoms with Gasteiger partial charge in [0.2, 0.25) is 0 Å². The molecular formula is C17H20N2O. The molecular weight excluding hydrogens is 248 g/mol. The van der Waals surface area contributed by atoms with Crippen LogP contribution in [-0.4, -0.2) is 18.1 Å². The fourth-order valence-electron chi connectivity index (χ4n) is 2.60. The predicted octanol–water partition coefficient (Wildman–Crippen LogP) is 3.05. The molecule has 1 heterocycles. The van der Waals surface area contributed by atoms with Crippen molar-refractivity contribution in [2.24, 2.45) is 0 Å². The van der Waals surface area contributed by atoms with E-state index in [0.29, 0.717) is 0 Å². The van der Waals surface area contributed by atoms with Crippen LogP contribution in [0, 0.1) is 0 Å². The number of anilines is 1. The molecule has 0 saturated carbocycles. The molecule has 0 unspecified atom stereocenters. The lowest BCUT2D eigenvalue weighted by Gasteiger charge is -2.14. The van der Waals surface area contributed by atoms with Crippen molar-refractivity contribution in [1.82, 2.24) is 4.90 Å². The molecule has 2 aromatic rings. The van der Waals surface area contributed by atoms with Crippen LogP contribution in [0.1, 0.15) is 17.5 Å². The molecule has 0 fully saturated rings. The van der Waals surface area contributed by atoms with Gasteiger partial charge in [-0.3, -0.25) is 4.90 Å². The van der Waals surface area contributed by atoms with Crippen LogP contribution in [0.15, 0.2) is 48.5 Å². The molecule has 0 amide bonds. The first-order valence-electron chi connectivity index (χ1n) is 7.09. The smallest absolute Gasteiger partial charge is 0.119 e. The number of fused-ring (bicyclic) bond motifs is 1. The van der Waals surface area contributed by atoms with E-state index in [1.807, 2.05) is 24.3 Å². The Bertz CT molecular complexity index is 540. The fourth-order valence-corrected chi connectivity index (χ4v) is 2.60. The lowest BCUT2D eigenvalue weighted by Crippen LogP contribution is -2.19. The van der Waals surface area contributed by atoms with Crippen molar-refractivity contribution >= 4 is 5.69 Å². The lowest BCUT2D eigenvalue weighted by molar-refractivity contribution is 0.238. The van der Waals surface area contributed by atoms with Crippen LogP contribution in [-0.2, 0) is 13.1 Å². The summed E-state index contributed by atoms with van der Waals surface area (Å²) >= 11 is 0. The van der Waals surface area contributed by atoms with E-state index in [1.165, 1.54) is 11.1 Å². The number of hydrogen-bond donors (Lipinski definition) is 1. The molecule has 0 saturated heterocycles. The van der Waals surface area contributed by atoms with E-state index in [-0.39, 0.29) is 0 Å². The third kappa shape index (κ3) is 3.11. The van der Waals surface area contributed by atoms with Crippen LogP contribution in [0.5, 0.6) is 5.75 Å². The summed E-state index contributed by atoms with van der Waals surface area (Å²) in [5.74, 6) is 0.893. The molecule has 0 atom stereocenters. The van der Waals surface area contributed by atoms with Crippen molar-refractivity contribution in [3.05, 3.63) is 59.7 Å². The van der Waals surface area contributed by atoms with Crippen LogP contribution >= 0.6 is 0 Å². The summed E-state index contributed by atoms with van der Waals surface area (Å²) in [4.78, 5) is 2.47. The second-order valence-electron chi connectivity index (χ2n) is 5.25. The Morgan fingerprint density at radius 3 is 2.25 bits per heavy atom. The van der Waals surface area contributed by atoms with Gasteiger partial charge in [0.1, 0.15) is 5.75 Å². The first-order valence-corrected chi connectivity index (χ1v) is 7.09. The average molecular weight is 268 g/mol. The molecule has 0 bridgehead atoms. The Morgan fingerprint density at radius 1 is 0.950 bits per heavy atom. The molecule has 2 N–H and O–H groups in total. The Balaban J connectivity index is 1.40. The number of nitrogens with two attached hydrogens (primary N) is 1. The summed E-state index contributed by atoms with van der Waals surface area (Å²) in [6.45, 7) is 3.95. The molecule has 2 aromatic carbocycles. The number of rotatable bonds is 5. The van der Waals surface area contributed by atoms with Gasteiger partial charge >= 0.3 is 0 Å². The van der Waals surface area contributed by atoms with Gasteiger partial charge in [0, 0.05) is 25.3 Å². The number of nitrogens with zero attached hydrogens (tertiary/aromatic N) is 1. The first kappa shape index (κ1) is 13.0. The third-order valence-electron chi connectivity index (χ3n) is 3.67. The maximum atomic E-state index is 5.72. The Kier molecular flexibility index (Phi) is 3.88. The molecule has 0 spiro atoms. The standard InChI is InChI=1S/C17H20N2O/c18-16-6-8-17(9-7-16)20-11-3-10-19-12-14-4-1-2-5-15(14)13-19/h1-2,4-9H,3,10-13,18H2. The van der Waals surface area contributed by atoms with Crippen molar-refractivity contribution in [3.63, 3.8) is 0 Å². The Morgan fingerprint density at radius 2 is 1.60 bits per heavy atom. The highest BCUT2D eigenvalue weighted by Gasteiger charge is 2.17. The number of hydrogen-bond acceptors (Lipinski definition) is 3. The normalized spacial score (nSPS) is 14.2. The van der Waals surface area contributed by atoms with E-state index >= 15 is 0 Å². The molecule has 3 heteroatoms. The van der Waals surface area contributed by atoms with Gasteiger partial charge in [-0.15, -0.1) is 0 Å². The summed E-state index contributed by atoms with van der Waals surface area (Å²) in [6.07, 6.45) is 1.04. The van der Waals surface area contributed by atoms with Crippen molar-refractivity contribution < 1.29 is 4.74 Å². The number of nitrogen functional groups attached to an aromatic ring is 1. The van der Waals surface area contributed by atoms with Crippen LogP contribution in [0.2, 0.25) is 0 Å². The lowest BCUT2D eigenvalue weighted by atomic mass is 10.1. The van der Waals surface area contributed by atoms with E-state index in [0.717, 1.165) is 44.1 Å². The van der Waals surface area contributed by atoms with Crippen molar-refractivity contribution in [3.8, 4) is 5.75 Å². The van der Waals surface area contributed by atoms with E-state index in [1.54, 1.807) is 0 Å². The molecule has 104 valence electrons. The van der Waals surface area contributed by atoms with Gasteiger partial charge < -0.3 is 10.5 Å². The Labute approximate surface area is 120 Å². The van der Waals surface area contributed by atoms with Crippen molar-refractivity contribution in [2.45, 2.75) is 19.5 Å². The maximum Gasteiger partial charge on any atom is 0.119 e. The summed E-state index contributed by atoms with van der Waals surface area (Å²) in [5, 5.41) is 0. The molecule has 0 radical (unpaired) electrons. The zero-order valence-electron chi connectivity index (χ0n) is 11.6. The predicted molar refractivity (Wildman–Crippen MR) is 81.5 cm³/mol. The van der Waals surface area contributed by atoms with E-state index in [4.69, 9.17) is 10.5 Å². The summed E-state index contributed by atoms with van der Waals surface area (Å²) < 4.78 is 5.72. The topological polar surface area (TPSA) is 38.5 Å². The van der Waals surface area contributed by atoms with Gasteiger partial charge in [-0.05, 0) is 41.8 Å². The van der Waals surface area contributed by atoms with Gasteiger partial charge in [-0.25, -0.2) is 0 Å². The SMILES string of the molecule is Nc1ccc(OCCCN2Cc3ccccc3C2)cc1. The van der Waals surface area contributed by atoms with Crippen molar-refractivity contribution in [2.75, 3.05) is 18.9 Å².